The highest BCUT2D eigenvalue weighted by Gasteiger charge is 2.19. The Bertz CT molecular complexity index is 558. The first-order valence-corrected chi connectivity index (χ1v) is 9.53. The molecule has 1 N–H and O–H groups in total. The Morgan fingerprint density at radius 3 is 2.50 bits per heavy atom. The zero-order chi connectivity index (χ0) is 16.9. The summed E-state index contributed by atoms with van der Waals surface area (Å²) in [6, 6.07) is 6.44. The Hall–Kier alpha value is -1.55. The fraction of sp³-hybridized carbons (Fsp3) is 0.650. The molecule has 3 rings (SSSR count). The highest BCUT2D eigenvalue weighted by Crippen LogP contribution is 2.28. The number of benzene rings is 1. The molecule has 0 atom stereocenters. The topological polar surface area (TPSA) is 35.6 Å². The van der Waals surface area contributed by atoms with Crippen LogP contribution in [0.4, 0.5) is 11.4 Å². The normalized spacial score (nSPS) is 19.7. The molecule has 1 aliphatic heterocycles. The zero-order valence-electron chi connectivity index (χ0n) is 15.2. The zero-order valence-corrected chi connectivity index (χ0v) is 15.2. The summed E-state index contributed by atoms with van der Waals surface area (Å²) in [6.07, 6.45) is 5.69. The maximum absolute atomic E-state index is 12.2. The summed E-state index contributed by atoms with van der Waals surface area (Å²) < 4.78 is 0. The fourth-order valence-electron chi connectivity index (χ4n) is 3.99. The van der Waals surface area contributed by atoms with E-state index in [-0.39, 0.29) is 5.91 Å². The van der Waals surface area contributed by atoms with Crippen molar-refractivity contribution in [2.75, 3.05) is 42.9 Å². The van der Waals surface area contributed by atoms with Gasteiger partial charge >= 0.3 is 0 Å². The monoisotopic (exact) mass is 329 g/mol. The Morgan fingerprint density at radius 1 is 1.17 bits per heavy atom. The van der Waals surface area contributed by atoms with Crippen molar-refractivity contribution in [1.82, 2.24) is 4.90 Å². The molecule has 4 nitrogen and oxygen atoms in total. The SMILES string of the molecule is CCN1CCN(c2ccc(NC(=O)CC3CCCC3)c(C)c2)CC1. The largest absolute Gasteiger partial charge is 0.369 e. The lowest BCUT2D eigenvalue weighted by molar-refractivity contribution is -0.117. The van der Waals surface area contributed by atoms with Gasteiger partial charge in [-0.2, -0.15) is 0 Å². The molecule has 1 aliphatic carbocycles. The van der Waals surface area contributed by atoms with Crippen LogP contribution in [0.25, 0.3) is 0 Å². The van der Waals surface area contributed by atoms with Crippen molar-refractivity contribution in [2.45, 2.75) is 46.0 Å². The smallest absolute Gasteiger partial charge is 0.224 e. The summed E-state index contributed by atoms with van der Waals surface area (Å²) >= 11 is 0. The van der Waals surface area contributed by atoms with Crippen molar-refractivity contribution in [2.24, 2.45) is 5.92 Å². The van der Waals surface area contributed by atoms with Gasteiger partial charge in [0.15, 0.2) is 0 Å². The van der Waals surface area contributed by atoms with Crippen molar-refractivity contribution in [3.63, 3.8) is 0 Å². The number of aryl methyl sites for hydroxylation is 1. The van der Waals surface area contributed by atoms with E-state index < -0.39 is 0 Å². The maximum atomic E-state index is 12.2. The van der Waals surface area contributed by atoms with Crippen LogP contribution >= 0.6 is 0 Å². The van der Waals surface area contributed by atoms with Crippen LogP contribution in [0.5, 0.6) is 0 Å². The van der Waals surface area contributed by atoms with E-state index in [4.69, 9.17) is 0 Å². The number of carbonyl (C=O) groups is 1. The molecule has 1 saturated heterocycles. The standard InChI is InChI=1S/C20H31N3O/c1-3-22-10-12-23(13-11-22)18-8-9-19(16(2)14-18)21-20(24)15-17-6-4-5-7-17/h8-9,14,17H,3-7,10-13,15H2,1-2H3,(H,21,24). The van der Waals surface area contributed by atoms with Crippen LogP contribution in [0, 0.1) is 12.8 Å². The van der Waals surface area contributed by atoms with E-state index in [2.05, 4.69) is 47.2 Å². The second-order valence-electron chi connectivity index (χ2n) is 7.32. The van der Waals surface area contributed by atoms with E-state index in [1.807, 2.05) is 0 Å². The van der Waals surface area contributed by atoms with Gasteiger partial charge in [-0.1, -0.05) is 19.8 Å². The molecule has 1 heterocycles. The third-order valence-electron chi connectivity index (χ3n) is 5.62. The van der Waals surface area contributed by atoms with E-state index >= 15 is 0 Å². The number of hydrogen-bond donors (Lipinski definition) is 1. The number of anilines is 2. The van der Waals surface area contributed by atoms with E-state index in [0.29, 0.717) is 12.3 Å². The Kier molecular flexibility index (Phi) is 5.77. The van der Waals surface area contributed by atoms with Gasteiger partial charge in [0.2, 0.25) is 5.91 Å². The molecule has 0 bridgehead atoms. The summed E-state index contributed by atoms with van der Waals surface area (Å²) in [7, 11) is 0. The third-order valence-corrected chi connectivity index (χ3v) is 5.62. The van der Waals surface area contributed by atoms with Gasteiger partial charge in [0.05, 0.1) is 0 Å². The van der Waals surface area contributed by atoms with Gasteiger partial charge in [0.1, 0.15) is 0 Å². The number of piperazine rings is 1. The minimum absolute atomic E-state index is 0.175. The molecule has 0 aromatic heterocycles. The van der Waals surface area contributed by atoms with Crippen LogP contribution in [0.2, 0.25) is 0 Å². The summed E-state index contributed by atoms with van der Waals surface area (Å²) in [4.78, 5) is 17.2. The van der Waals surface area contributed by atoms with E-state index in [1.54, 1.807) is 0 Å². The number of hydrogen-bond acceptors (Lipinski definition) is 3. The van der Waals surface area contributed by atoms with Crippen LogP contribution in [-0.4, -0.2) is 43.5 Å². The lowest BCUT2D eigenvalue weighted by Crippen LogP contribution is -2.46. The molecule has 1 aromatic carbocycles. The molecular weight excluding hydrogens is 298 g/mol. The van der Waals surface area contributed by atoms with Crippen molar-refractivity contribution < 1.29 is 4.79 Å². The summed E-state index contributed by atoms with van der Waals surface area (Å²) in [5.74, 6) is 0.772. The molecule has 0 radical (unpaired) electrons. The predicted molar refractivity (Wildman–Crippen MR) is 101 cm³/mol. The summed E-state index contributed by atoms with van der Waals surface area (Å²) in [6.45, 7) is 9.89. The van der Waals surface area contributed by atoms with Gasteiger partial charge in [-0.3, -0.25) is 4.79 Å². The first-order valence-electron chi connectivity index (χ1n) is 9.53. The first-order chi connectivity index (χ1) is 11.7. The molecule has 0 unspecified atom stereocenters. The highest BCUT2D eigenvalue weighted by atomic mass is 16.1. The minimum Gasteiger partial charge on any atom is -0.369 e. The van der Waals surface area contributed by atoms with Gasteiger partial charge in [0, 0.05) is 44.0 Å². The van der Waals surface area contributed by atoms with Gasteiger partial charge in [0.25, 0.3) is 0 Å². The van der Waals surface area contributed by atoms with Gasteiger partial charge in [-0.15, -0.1) is 0 Å². The maximum Gasteiger partial charge on any atom is 0.224 e. The molecule has 1 amide bonds. The van der Waals surface area contributed by atoms with E-state index in [9.17, 15) is 4.79 Å². The van der Waals surface area contributed by atoms with Crippen molar-refractivity contribution in [3.05, 3.63) is 23.8 Å². The predicted octanol–water partition coefficient (Wildman–Crippen LogP) is 3.66. The molecule has 4 heteroatoms. The van der Waals surface area contributed by atoms with Crippen LogP contribution < -0.4 is 10.2 Å². The third kappa shape index (κ3) is 4.29. The highest BCUT2D eigenvalue weighted by molar-refractivity contribution is 5.92. The van der Waals surface area contributed by atoms with Crippen LogP contribution in [0.15, 0.2) is 18.2 Å². The quantitative estimate of drug-likeness (QED) is 0.895. The van der Waals surface area contributed by atoms with Crippen LogP contribution in [-0.2, 0) is 4.79 Å². The lowest BCUT2D eigenvalue weighted by atomic mass is 10.0. The number of nitrogens with zero attached hydrogens (tertiary/aromatic N) is 2. The second-order valence-corrected chi connectivity index (χ2v) is 7.32. The summed E-state index contributed by atoms with van der Waals surface area (Å²) in [5.41, 5.74) is 3.40. The number of nitrogens with one attached hydrogen (secondary N) is 1. The van der Waals surface area contributed by atoms with E-state index in [1.165, 1.54) is 31.4 Å². The number of amides is 1. The Balaban J connectivity index is 1.57. The minimum atomic E-state index is 0.175. The number of rotatable bonds is 5. The molecular formula is C20H31N3O. The fourth-order valence-corrected chi connectivity index (χ4v) is 3.99. The first kappa shape index (κ1) is 17.3. The average Bonchev–Trinajstić information content (AvgIpc) is 3.09. The molecule has 1 aromatic rings. The van der Waals surface area contributed by atoms with Crippen LogP contribution in [0.3, 0.4) is 0 Å². The molecule has 2 fully saturated rings. The molecule has 1 saturated carbocycles. The van der Waals surface area contributed by atoms with Gasteiger partial charge < -0.3 is 15.1 Å². The number of likely N-dealkylation sites (N-methyl/N-ethyl adjacent to an activating group) is 1. The average molecular weight is 329 g/mol. The van der Waals surface area contributed by atoms with Crippen molar-refractivity contribution >= 4 is 17.3 Å². The molecule has 24 heavy (non-hydrogen) atoms. The van der Waals surface area contributed by atoms with Gasteiger partial charge in [-0.05, 0) is 56.0 Å². The van der Waals surface area contributed by atoms with Crippen LogP contribution in [0.1, 0.15) is 44.6 Å². The Morgan fingerprint density at radius 2 is 1.88 bits per heavy atom. The van der Waals surface area contributed by atoms with E-state index in [0.717, 1.165) is 44.0 Å². The summed E-state index contributed by atoms with van der Waals surface area (Å²) in [5, 5.41) is 3.12. The molecule has 0 spiro atoms. The Labute approximate surface area is 146 Å². The molecule has 132 valence electrons. The second kappa shape index (κ2) is 8.02. The van der Waals surface area contributed by atoms with Gasteiger partial charge in [-0.25, -0.2) is 0 Å². The van der Waals surface area contributed by atoms with Crippen molar-refractivity contribution in [3.8, 4) is 0 Å². The van der Waals surface area contributed by atoms with Crippen molar-refractivity contribution in [1.29, 1.82) is 0 Å². The number of carbonyl (C=O) groups excluding carboxylic acids is 1. The lowest BCUT2D eigenvalue weighted by Gasteiger charge is -2.35. The molecule has 2 aliphatic rings.